The molecule has 27 heavy (non-hydrogen) atoms. The summed E-state index contributed by atoms with van der Waals surface area (Å²) in [5.74, 6) is 1.02. The molecule has 0 unspecified atom stereocenters. The van der Waals surface area contributed by atoms with Gasteiger partial charge in [0.2, 0.25) is 0 Å². The number of H-pyrrole nitrogens is 1. The van der Waals surface area contributed by atoms with E-state index in [2.05, 4.69) is 44.6 Å². The lowest BCUT2D eigenvalue weighted by Gasteiger charge is -2.07. The SMILES string of the molecule is O=c1cc(CNc2ccc3ccccc3c2)nc2nc(-c3cccs3)[nH]n12. The second-order valence-corrected chi connectivity index (χ2v) is 7.13. The standard InChI is InChI=1S/C20H15N5OS/c26-18-11-16(12-21-15-8-7-13-4-1-2-5-14(13)10-15)22-20-23-19(24-25(18)20)17-6-3-9-27-17/h1-11,21H,12H2,(H,22,23,24). The number of hydrogen-bond acceptors (Lipinski definition) is 5. The Labute approximate surface area is 158 Å². The number of anilines is 1. The molecule has 5 aromatic rings. The summed E-state index contributed by atoms with van der Waals surface area (Å²) in [5.41, 5.74) is 1.46. The van der Waals surface area contributed by atoms with Crippen molar-refractivity contribution in [3.63, 3.8) is 0 Å². The highest BCUT2D eigenvalue weighted by molar-refractivity contribution is 7.13. The number of rotatable bonds is 4. The van der Waals surface area contributed by atoms with E-state index in [1.807, 2.05) is 35.7 Å². The Balaban J connectivity index is 1.43. The van der Waals surface area contributed by atoms with E-state index in [0.717, 1.165) is 10.6 Å². The lowest BCUT2D eigenvalue weighted by atomic mass is 10.1. The molecule has 0 saturated carbocycles. The molecule has 0 radical (unpaired) electrons. The number of aromatic nitrogens is 4. The molecule has 3 aromatic heterocycles. The molecule has 0 aliphatic heterocycles. The summed E-state index contributed by atoms with van der Waals surface area (Å²) in [7, 11) is 0. The summed E-state index contributed by atoms with van der Waals surface area (Å²) >= 11 is 1.56. The van der Waals surface area contributed by atoms with Gasteiger partial charge in [-0.2, -0.15) is 9.50 Å². The van der Waals surface area contributed by atoms with Crippen LogP contribution in [0.4, 0.5) is 5.69 Å². The summed E-state index contributed by atoms with van der Waals surface area (Å²) in [6.07, 6.45) is 0. The fourth-order valence-corrected chi connectivity index (χ4v) is 3.70. The Bertz CT molecular complexity index is 1300. The van der Waals surface area contributed by atoms with E-state index in [9.17, 15) is 4.79 Å². The van der Waals surface area contributed by atoms with E-state index in [0.29, 0.717) is 23.8 Å². The fraction of sp³-hybridized carbons (Fsp3) is 0.0500. The number of benzene rings is 2. The van der Waals surface area contributed by atoms with Gasteiger partial charge in [-0.3, -0.25) is 9.89 Å². The lowest BCUT2D eigenvalue weighted by Crippen LogP contribution is -2.17. The van der Waals surface area contributed by atoms with Crippen molar-refractivity contribution < 1.29 is 0 Å². The maximum atomic E-state index is 12.4. The van der Waals surface area contributed by atoms with E-state index in [4.69, 9.17) is 0 Å². The van der Waals surface area contributed by atoms with Crippen LogP contribution in [0.25, 0.3) is 27.3 Å². The first kappa shape index (κ1) is 15.8. The number of aromatic amines is 1. The van der Waals surface area contributed by atoms with E-state index >= 15 is 0 Å². The Hall–Kier alpha value is -3.45. The van der Waals surface area contributed by atoms with Crippen molar-refractivity contribution in [1.82, 2.24) is 19.6 Å². The number of thiophene rings is 1. The van der Waals surface area contributed by atoms with Crippen LogP contribution in [-0.2, 0) is 6.54 Å². The molecule has 0 saturated heterocycles. The minimum atomic E-state index is -0.175. The van der Waals surface area contributed by atoms with Crippen LogP contribution < -0.4 is 10.9 Å². The van der Waals surface area contributed by atoms with Crippen LogP contribution in [0, 0.1) is 0 Å². The van der Waals surface area contributed by atoms with Crippen LogP contribution in [-0.4, -0.2) is 19.6 Å². The van der Waals surface area contributed by atoms with Crippen molar-refractivity contribution >= 4 is 33.6 Å². The first-order valence-electron chi connectivity index (χ1n) is 8.51. The molecule has 7 heteroatoms. The van der Waals surface area contributed by atoms with Crippen molar-refractivity contribution in [2.75, 3.05) is 5.32 Å². The maximum absolute atomic E-state index is 12.4. The zero-order valence-electron chi connectivity index (χ0n) is 14.2. The third-order valence-corrected chi connectivity index (χ3v) is 5.24. The molecule has 0 fully saturated rings. The second kappa shape index (κ2) is 6.37. The second-order valence-electron chi connectivity index (χ2n) is 6.19. The van der Waals surface area contributed by atoms with Gasteiger partial charge in [-0.15, -0.1) is 11.3 Å². The van der Waals surface area contributed by atoms with E-state index in [1.165, 1.54) is 21.4 Å². The first-order valence-corrected chi connectivity index (χ1v) is 9.39. The lowest BCUT2D eigenvalue weighted by molar-refractivity contribution is 0.879. The highest BCUT2D eigenvalue weighted by atomic mass is 32.1. The molecule has 0 atom stereocenters. The molecule has 0 aliphatic rings. The van der Waals surface area contributed by atoms with Crippen molar-refractivity contribution in [1.29, 1.82) is 0 Å². The van der Waals surface area contributed by atoms with Crippen molar-refractivity contribution in [2.24, 2.45) is 0 Å². The average molecular weight is 373 g/mol. The van der Waals surface area contributed by atoms with Gasteiger partial charge in [0.1, 0.15) is 0 Å². The zero-order valence-corrected chi connectivity index (χ0v) is 15.0. The van der Waals surface area contributed by atoms with E-state index in [-0.39, 0.29) is 5.56 Å². The van der Waals surface area contributed by atoms with Crippen LogP contribution in [0.5, 0.6) is 0 Å². The van der Waals surface area contributed by atoms with Gasteiger partial charge in [-0.25, -0.2) is 4.98 Å². The Morgan fingerprint density at radius 1 is 1.00 bits per heavy atom. The Morgan fingerprint density at radius 3 is 2.74 bits per heavy atom. The smallest absolute Gasteiger partial charge is 0.274 e. The normalized spacial score (nSPS) is 11.3. The van der Waals surface area contributed by atoms with Crippen molar-refractivity contribution in [3.8, 4) is 10.7 Å². The molecule has 132 valence electrons. The number of nitrogens with zero attached hydrogens (tertiary/aromatic N) is 3. The summed E-state index contributed by atoms with van der Waals surface area (Å²) in [5, 5.41) is 10.7. The minimum Gasteiger partial charge on any atom is -0.379 e. The van der Waals surface area contributed by atoms with Crippen LogP contribution in [0.2, 0.25) is 0 Å². The Kier molecular flexibility index (Phi) is 3.72. The molecule has 2 N–H and O–H groups in total. The van der Waals surface area contributed by atoms with E-state index < -0.39 is 0 Å². The highest BCUT2D eigenvalue weighted by Gasteiger charge is 2.10. The molecule has 0 bridgehead atoms. The average Bonchev–Trinajstić information content (AvgIpc) is 3.36. The molecular formula is C20H15N5OS. The monoisotopic (exact) mass is 373 g/mol. The number of hydrogen-bond donors (Lipinski definition) is 2. The van der Waals surface area contributed by atoms with Crippen LogP contribution >= 0.6 is 11.3 Å². The highest BCUT2D eigenvalue weighted by Crippen LogP contribution is 2.21. The predicted molar refractivity (Wildman–Crippen MR) is 108 cm³/mol. The summed E-state index contributed by atoms with van der Waals surface area (Å²) in [6, 6.07) is 19.8. The molecular weight excluding hydrogens is 358 g/mol. The van der Waals surface area contributed by atoms with Gasteiger partial charge in [0.15, 0.2) is 5.82 Å². The quantitative estimate of drug-likeness (QED) is 0.501. The topological polar surface area (TPSA) is 75.1 Å². The summed E-state index contributed by atoms with van der Waals surface area (Å²) < 4.78 is 1.37. The molecule has 0 aliphatic carbocycles. The molecule has 0 spiro atoms. The number of nitrogens with one attached hydrogen (secondary N) is 2. The van der Waals surface area contributed by atoms with Crippen molar-refractivity contribution in [2.45, 2.75) is 6.54 Å². The minimum absolute atomic E-state index is 0.175. The van der Waals surface area contributed by atoms with Gasteiger partial charge in [0.25, 0.3) is 11.3 Å². The molecule has 5 rings (SSSR count). The van der Waals surface area contributed by atoms with Crippen LogP contribution in [0.3, 0.4) is 0 Å². The third kappa shape index (κ3) is 2.98. The van der Waals surface area contributed by atoms with Crippen LogP contribution in [0.15, 0.2) is 70.8 Å². The maximum Gasteiger partial charge on any atom is 0.274 e. The largest absolute Gasteiger partial charge is 0.379 e. The van der Waals surface area contributed by atoms with Gasteiger partial charge in [0, 0.05) is 11.8 Å². The van der Waals surface area contributed by atoms with Crippen molar-refractivity contribution in [3.05, 3.63) is 82.1 Å². The van der Waals surface area contributed by atoms with Crippen LogP contribution in [0.1, 0.15) is 5.69 Å². The Morgan fingerprint density at radius 2 is 1.89 bits per heavy atom. The van der Waals surface area contributed by atoms with Gasteiger partial charge in [0.05, 0.1) is 17.1 Å². The predicted octanol–water partition coefficient (Wildman–Crippen LogP) is 3.91. The summed E-state index contributed by atoms with van der Waals surface area (Å²) in [6.45, 7) is 0.450. The fourth-order valence-electron chi connectivity index (χ4n) is 3.03. The first-order chi connectivity index (χ1) is 13.3. The third-order valence-electron chi connectivity index (χ3n) is 4.36. The summed E-state index contributed by atoms with van der Waals surface area (Å²) in [4.78, 5) is 22.3. The van der Waals surface area contributed by atoms with E-state index in [1.54, 1.807) is 11.3 Å². The molecule has 3 heterocycles. The zero-order chi connectivity index (χ0) is 18.2. The molecule has 0 amide bonds. The van der Waals surface area contributed by atoms with Gasteiger partial charge in [-0.05, 0) is 34.4 Å². The number of fused-ring (bicyclic) bond motifs is 2. The molecule has 6 nitrogen and oxygen atoms in total. The molecule has 2 aromatic carbocycles. The van der Waals surface area contributed by atoms with Gasteiger partial charge >= 0.3 is 0 Å². The van der Waals surface area contributed by atoms with Gasteiger partial charge in [-0.1, -0.05) is 36.4 Å². The van der Waals surface area contributed by atoms with Gasteiger partial charge < -0.3 is 5.32 Å².